The van der Waals surface area contributed by atoms with Gasteiger partial charge in [-0.05, 0) is 19.1 Å². The van der Waals surface area contributed by atoms with Crippen molar-refractivity contribution in [1.29, 1.82) is 0 Å². The molecule has 2 aromatic rings. The van der Waals surface area contributed by atoms with Crippen LogP contribution in [0.5, 0.6) is 0 Å². The summed E-state index contributed by atoms with van der Waals surface area (Å²) >= 11 is 0. The molecule has 0 spiro atoms. The molecule has 2 rings (SSSR count). The van der Waals surface area contributed by atoms with Crippen LogP contribution in [0.4, 0.5) is 5.69 Å². The average Bonchev–Trinajstić information content (AvgIpc) is 2.59. The van der Waals surface area contributed by atoms with Gasteiger partial charge in [0.15, 0.2) is 5.89 Å². The van der Waals surface area contributed by atoms with Gasteiger partial charge in [0.25, 0.3) is 0 Å². The lowest BCUT2D eigenvalue weighted by molar-refractivity contribution is 0.495. The van der Waals surface area contributed by atoms with Gasteiger partial charge < -0.3 is 4.42 Å². The van der Waals surface area contributed by atoms with Gasteiger partial charge >= 0.3 is 0 Å². The van der Waals surface area contributed by atoms with E-state index < -0.39 is 0 Å². The van der Waals surface area contributed by atoms with Crippen molar-refractivity contribution in [3.63, 3.8) is 0 Å². The van der Waals surface area contributed by atoms with Gasteiger partial charge in [-0.15, -0.1) is 0 Å². The number of aliphatic imine (C=N–C) groups is 1. The molecule has 1 aromatic carbocycles. The predicted octanol–water partition coefficient (Wildman–Crippen LogP) is 2.93. The first-order valence-electron chi connectivity index (χ1n) is 4.83. The summed E-state index contributed by atoms with van der Waals surface area (Å²) < 4.78 is 5.35. The molecule has 1 heterocycles. The maximum Gasteiger partial charge on any atom is 0.240 e. The summed E-state index contributed by atoms with van der Waals surface area (Å²) in [6.45, 7) is 3.67. The highest BCUT2D eigenvalue weighted by Crippen LogP contribution is 2.25. The van der Waals surface area contributed by atoms with E-state index in [1.54, 1.807) is 12.1 Å². The Morgan fingerprint density at radius 1 is 1.25 bits per heavy atom. The molecule has 80 valence electrons. The third-order valence-electron chi connectivity index (χ3n) is 2.22. The molecule has 0 aliphatic rings. The first-order chi connectivity index (χ1) is 7.70. The summed E-state index contributed by atoms with van der Waals surface area (Å²) in [5, 5.41) is 0. The number of carbonyl (C=O) groups excluding carboxylic acids is 1. The molecule has 4 heteroatoms. The molecule has 0 saturated carbocycles. The Kier molecular flexibility index (Phi) is 2.66. The highest BCUT2D eigenvalue weighted by molar-refractivity contribution is 5.64. The van der Waals surface area contributed by atoms with E-state index >= 15 is 0 Å². The number of hydrogen-bond donors (Lipinski definition) is 0. The summed E-state index contributed by atoms with van der Waals surface area (Å²) in [5.41, 5.74) is 2.34. The van der Waals surface area contributed by atoms with Gasteiger partial charge in [0.05, 0.1) is 5.69 Å². The van der Waals surface area contributed by atoms with E-state index in [-0.39, 0.29) is 0 Å². The first-order valence-corrected chi connectivity index (χ1v) is 4.83. The summed E-state index contributed by atoms with van der Waals surface area (Å²) in [6, 6.07) is 7.17. The van der Waals surface area contributed by atoms with Crippen LogP contribution in [0.15, 0.2) is 33.7 Å². The fourth-order valence-corrected chi connectivity index (χ4v) is 1.54. The molecule has 0 radical (unpaired) electrons. The summed E-state index contributed by atoms with van der Waals surface area (Å²) in [6.07, 6.45) is 1.50. The molecule has 4 nitrogen and oxygen atoms in total. The molecule has 0 aliphatic carbocycles. The monoisotopic (exact) mass is 214 g/mol. The molecule has 0 fully saturated rings. The molecular formula is C12H10N2O2. The zero-order chi connectivity index (χ0) is 11.5. The highest BCUT2D eigenvalue weighted by atomic mass is 16.4. The number of oxazole rings is 1. The molecule has 0 N–H and O–H groups in total. The third-order valence-corrected chi connectivity index (χ3v) is 2.22. The van der Waals surface area contributed by atoms with Crippen molar-refractivity contribution in [2.75, 3.05) is 0 Å². The average molecular weight is 214 g/mol. The summed E-state index contributed by atoms with van der Waals surface area (Å²) in [5.74, 6) is 1.42. The minimum Gasteiger partial charge on any atom is -0.446 e. The zero-order valence-electron chi connectivity index (χ0n) is 9.02. The van der Waals surface area contributed by atoms with E-state index in [0.29, 0.717) is 11.6 Å². The Labute approximate surface area is 92.7 Å². The van der Waals surface area contributed by atoms with Crippen LogP contribution in [0, 0.1) is 13.8 Å². The smallest absolute Gasteiger partial charge is 0.240 e. The van der Waals surface area contributed by atoms with Crippen LogP contribution in [-0.2, 0) is 4.79 Å². The van der Waals surface area contributed by atoms with Gasteiger partial charge in [0, 0.05) is 12.5 Å². The van der Waals surface area contributed by atoms with E-state index in [1.807, 2.05) is 26.0 Å². The van der Waals surface area contributed by atoms with E-state index in [9.17, 15) is 4.79 Å². The lowest BCUT2D eigenvalue weighted by Crippen LogP contribution is -1.80. The number of aromatic nitrogens is 1. The Morgan fingerprint density at radius 2 is 1.94 bits per heavy atom. The predicted molar refractivity (Wildman–Crippen MR) is 59.2 cm³/mol. The molecule has 16 heavy (non-hydrogen) atoms. The van der Waals surface area contributed by atoms with Crippen molar-refractivity contribution in [2.24, 2.45) is 4.99 Å². The Bertz CT molecular complexity index is 549. The Hall–Kier alpha value is -2.19. The van der Waals surface area contributed by atoms with Gasteiger partial charge in [0.1, 0.15) is 11.5 Å². The van der Waals surface area contributed by atoms with Crippen molar-refractivity contribution in [2.45, 2.75) is 13.8 Å². The SMILES string of the molecule is Cc1nc(-c2ccc(N=C=O)cc2)c(C)o1. The second kappa shape index (κ2) is 4.13. The van der Waals surface area contributed by atoms with Gasteiger partial charge in [-0.1, -0.05) is 12.1 Å². The number of aryl methyl sites for hydroxylation is 2. The maximum absolute atomic E-state index is 10.1. The maximum atomic E-state index is 10.1. The molecule has 0 amide bonds. The number of nitrogens with zero attached hydrogens (tertiary/aromatic N) is 2. The minimum absolute atomic E-state index is 0.580. The second-order valence-corrected chi connectivity index (χ2v) is 3.39. The Balaban J connectivity index is 2.41. The Morgan fingerprint density at radius 3 is 2.44 bits per heavy atom. The largest absolute Gasteiger partial charge is 0.446 e. The zero-order valence-corrected chi connectivity index (χ0v) is 9.02. The van der Waals surface area contributed by atoms with Crippen LogP contribution in [0.2, 0.25) is 0 Å². The molecule has 0 bridgehead atoms. The summed E-state index contributed by atoms with van der Waals surface area (Å²) in [7, 11) is 0. The summed E-state index contributed by atoms with van der Waals surface area (Å²) in [4.78, 5) is 17.9. The topological polar surface area (TPSA) is 55.5 Å². The number of hydrogen-bond acceptors (Lipinski definition) is 4. The molecule has 0 atom stereocenters. The van der Waals surface area contributed by atoms with E-state index in [4.69, 9.17) is 4.42 Å². The fraction of sp³-hybridized carbons (Fsp3) is 0.167. The van der Waals surface area contributed by atoms with Crippen LogP contribution in [-0.4, -0.2) is 11.1 Å². The van der Waals surface area contributed by atoms with Gasteiger partial charge in [-0.2, -0.15) is 4.99 Å². The quantitative estimate of drug-likeness (QED) is 0.570. The molecule has 0 aliphatic heterocycles. The lowest BCUT2D eigenvalue weighted by atomic mass is 10.1. The van der Waals surface area contributed by atoms with E-state index in [1.165, 1.54) is 6.08 Å². The fourth-order valence-electron chi connectivity index (χ4n) is 1.54. The lowest BCUT2D eigenvalue weighted by Gasteiger charge is -1.97. The number of rotatable bonds is 2. The van der Waals surface area contributed by atoms with Crippen LogP contribution in [0.25, 0.3) is 11.3 Å². The van der Waals surface area contributed by atoms with Crippen molar-refractivity contribution in [3.8, 4) is 11.3 Å². The van der Waals surface area contributed by atoms with Gasteiger partial charge in [-0.3, -0.25) is 0 Å². The first kappa shape index (κ1) is 10.3. The van der Waals surface area contributed by atoms with Crippen molar-refractivity contribution >= 4 is 11.8 Å². The minimum atomic E-state index is 0.580. The molecule has 0 saturated heterocycles. The van der Waals surface area contributed by atoms with Gasteiger partial charge in [-0.25, -0.2) is 9.78 Å². The standard InChI is InChI=1S/C12H10N2O2/c1-8-12(14-9(2)16-8)10-3-5-11(6-4-10)13-7-15/h3-6H,1-2H3. The highest BCUT2D eigenvalue weighted by Gasteiger charge is 2.08. The van der Waals surface area contributed by atoms with Crippen molar-refractivity contribution in [1.82, 2.24) is 4.98 Å². The van der Waals surface area contributed by atoms with Gasteiger partial charge in [0.2, 0.25) is 6.08 Å². The van der Waals surface area contributed by atoms with Crippen LogP contribution in [0.3, 0.4) is 0 Å². The van der Waals surface area contributed by atoms with E-state index in [2.05, 4.69) is 9.98 Å². The van der Waals surface area contributed by atoms with Crippen LogP contribution >= 0.6 is 0 Å². The molecular weight excluding hydrogens is 204 g/mol. The van der Waals surface area contributed by atoms with Crippen molar-refractivity contribution in [3.05, 3.63) is 35.9 Å². The second-order valence-electron chi connectivity index (χ2n) is 3.39. The molecule has 1 aromatic heterocycles. The number of benzene rings is 1. The molecule has 0 unspecified atom stereocenters. The van der Waals surface area contributed by atoms with Crippen LogP contribution < -0.4 is 0 Å². The normalized spacial score (nSPS) is 9.88. The van der Waals surface area contributed by atoms with E-state index in [0.717, 1.165) is 17.0 Å². The van der Waals surface area contributed by atoms with Crippen LogP contribution in [0.1, 0.15) is 11.7 Å². The number of isocyanates is 1. The van der Waals surface area contributed by atoms with Crippen molar-refractivity contribution < 1.29 is 9.21 Å². The third kappa shape index (κ3) is 1.92.